The largest absolute Gasteiger partial charge is 0.472 e. The smallest absolute Gasteiger partial charge is 0.272 e. The minimum Gasteiger partial charge on any atom is -0.472 e. The summed E-state index contributed by atoms with van der Waals surface area (Å²) in [5, 5.41) is 4.65. The van der Waals surface area contributed by atoms with E-state index in [1.165, 1.54) is 29.7 Å². The Hall–Kier alpha value is -2.55. The molecule has 0 fully saturated rings. The number of pyridine rings is 1. The molecule has 0 unspecified atom stereocenters. The number of nitrogens with one attached hydrogen (secondary N) is 1. The van der Waals surface area contributed by atoms with E-state index in [1.807, 2.05) is 22.2 Å². The van der Waals surface area contributed by atoms with Gasteiger partial charge in [-0.05, 0) is 6.07 Å². The number of carbonyl (C=O) groups is 1. The Morgan fingerprint density at radius 2 is 2.30 bits per heavy atom. The number of thiazole rings is 1. The first-order valence-corrected chi connectivity index (χ1v) is 7.56. The molecule has 0 aromatic carbocycles. The lowest BCUT2D eigenvalue weighted by atomic mass is 10.2. The fraction of sp³-hybridized carbons (Fsp3) is 0.214. The molecule has 0 spiro atoms. The molecule has 3 rings (SSSR count). The summed E-state index contributed by atoms with van der Waals surface area (Å²) in [7, 11) is 0. The average Bonchev–Trinajstić information content (AvgIpc) is 3.12. The number of amides is 1. The van der Waals surface area contributed by atoms with Crippen LogP contribution in [0, 0.1) is 0 Å². The van der Waals surface area contributed by atoms with E-state index in [0.29, 0.717) is 5.56 Å². The van der Waals surface area contributed by atoms with Crippen LogP contribution in [0.2, 0.25) is 0 Å². The first kappa shape index (κ1) is 15.3. The minimum atomic E-state index is -2.57. The quantitative estimate of drug-likeness (QED) is 0.749. The molecule has 3 aromatic heterocycles. The highest BCUT2D eigenvalue weighted by Gasteiger charge is 2.09. The molecular weight excluding hydrogens is 326 g/mol. The summed E-state index contributed by atoms with van der Waals surface area (Å²) >= 11 is 1.51. The maximum Gasteiger partial charge on any atom is 0.272 e. The highest BCUT2D eigenvalue weighted by atomic mass is 32.1. The van der Waals surface area contributed by atoms with E-state index >= 15 is 0 Å². The minimum absolute atomic E-state index is 0.0520. The Morgan fingerprint density at radius 3 is 3.00 bits per heavy atom. The van der Waals surface area contributed by atoms with Gasteiger partial charge < -0.3 is 10.1 Å². The van der Waals surface area contributed by atoms with Gasteiger partial charge in [0.2, 0.25) is 5.88 Å². The molecule has 0 atom stereocenters. The van der Waals surface area contributed by atoms with Crippen molar-refractivity contribution in [1.29, 1.82) is 0 Å². The van der Waals surface area contributed by atoms with Crippen molar-refractivity contribution >= 4 is 22.2 Å². The van der Waals surface area contributed by atoms with Gasteiger partial charge in [0.15, 0.2) is 11.6 Å². The Balaban J connectivity index is 1.56. The van der Waals surface area contributed by atoms with Crippen LogP contribution in [-0.4, -0.2) is 33.3 Å². The highest BCUT2D eigenvalue weighted by molar-refractivity contribution is 7.15. The summed E-state index contributed by atoms with van der Waals surface area (Å²) in [6, 6.07) is 2.85. The first-order chi connectivity index (χ1) is 11.1. The van der Waals surface area contributed by atoms with Gasteiger partial charge in [-0.15, -0.1) is 11.3 Å². The van der Waals surface area contributed by atoms with Crippen LogP contribution in [0.1, 0.15) is 16.1 Å². The molecule has 6 nitrogen and oxygen atoms in total. The third-order valence-corrected chi connectivity index (χ3v) is 3.70. The van der Waals surface area contributed by atoms with E-state index in [2.05, 4.69) is 15.3 Å². The topological polar surface area (TPSA) is 68.5 Å². The van der Waals surface area contributed by atoms with Crippen LogP contribution in [0.3, 0.4) is 0 Å². The Morgan fingerprint density at radius 1 is 1.43 bits per heavy atom. The van der Waals surface area contributed by atoms with Crippen LogP contribution in [0.25, 0.3) is 4.96 Å². The summed E-state index contributed by atoms with van der Waals surface area (Å²) in [6.07, 6.45) is 2.44. The molecule has 0 aliphatic rings. The van der Waals surface area contributed by atoms with Gasteiger partial charge in [0, 0.05) is 30.0 Å². The molecule has 1 amide bonds. The molecule has 23 heavy (non-hydrogen) atoms. The predicted octanol–water partition coefficient (Wildman–Crippen LogP) is 2.36. The van der Waals surface area contributed by atoms with E-state index in [-0.39, 0.29) is 18.3 Å². The molecule has 0 radical (unpaired) electrons. The number of fused-ring (bicyclic) bond motifs is 1. The van der Waals surface area contributed by atoms with Gasteiger partial charge in [-0.25, -0.2) is 18.7 Å². The molecule has 0 saturated heterocycles. The number of ether oxygens (including phenoxy) is 1. The van der Waals surface area contributed by atoms with Crippen molar-refractivity contribution in [1.82, 2.24) is 19.7 Å². The van der Waals surface area contributed by atoms with Crippen LogP contribution in [-0.2, 0) is 6.54 Å². The third-order valence-electron chi connectivity index (χ3n) is 2.93. The Labute approximate surface area is 133 Å². The summed E-state index contributed by atoms with van der Waals surface area (Å²) < 4.78 is 30.7. The number of hydrogen-bond acceptors (Lipinski definition) is 5. The number of aromatic nitrogens is 3. The highest BCUT2D eigenvalue weighted by Crippen LogP contribution is 2.12. The van der Waals surface area contributed by atoms with Gasteiger partial charge >= 0.3 is 0 Å². The molecule has 120 valence electrons. The van der Waals surface area contributed by atoms with E-state index in [0.717, 1.165) is 10.7 Å². The van der Waals surface area contributed by atoms with Crippen molar-refractivity contribution in [2.75, 3.05) is 6.61 Å². The first-order valence-electron chi connectivity index (χ1n) is 6.68. The van der Waals surface area contributed by atoms with Gasteiger partial charge in [-0.2, -0.15) is 0 Å². The molecule has 3 heterocycles. The zero-order valence-electron chi connectivity index (χ0n) is 11.8. The van der Waals surface area contributed by atoms with Crippen molar-refractivity contribution in [3.63, 3.8) is 0 Å². The van der Waals surface area contributed by atoms with Crippen molar-refractivity contribution < 1.29 is 18.3 Å². The maximum absolute atomic E-state index is 12.0. The number of halogens is 2. The van der Waals surface area contributed by atoms with Crippen LogP contribution >= 0.6 is 11.3 Å². The molecule has 1 N–H and O–H groups in total. The van der Waals surface area contributed by atoms with Crippen molar-refractivity contribution in [2.45, 2.75) is 13.0 Å². The van der Waals surface area contributed by atoms with Gasteiger partial charge in [0.05, 0.1) is 17.8 Å². The van der Waals surface area contributed by atoms with Gasteiger partial charge in [-0.3, -0.25) is 9.20 Å². The lowest BCUT2D eigenvalue weighted by Crippen LogP contribution is -2.23. The van der Waals surface area contributed by atoms with E-state index < -0.39 is 13.0 Å². The number of alkyl halides is 2. The Bertz CT molecular complexity index is 772. The van der Waals surface area contributed by atoms with Crippen LogP contribution in [0.4, 0.5) is 8.78 Å². The van der Waals surface area contributed by atoms with Gasteiger partial charge in [0.25, 0.3) is 12.3 Å². The molecule has 0 aliphatic carbocycles. The second-order valence-corrected chi connectivity index (χ2v) is 5.47. The maximum atomic E-state index is 12.0. The SMILES string of the molecule is O=C(NCc1cn2ccsc2n1)c1ccc(OCC(F)F)nc1. The average molecular weight is 338 g/mol. The number of nitrogens with zero attached hydrogens (tertiary/aromatic N) is 3. The number of hydrogen-bond donors (Lipinski definition) is 1. The molecule has 3 aromatic rings. The number of carbonyl (C=O) groups excluding carboxylic acids is 1. The molecule has 0 bridgehead atoms. The van der Waals surface area contributed by atoms with E-state index in [4.69, 9.17) is 4.74 Å². The fourth-order valence-electron chi connectivity index (χ4n) is 1.88. The van der Waals surface area contributed by atoms with Crippen molar-refractivity contribution in [3.05, 3.63) is 47.4 Å². The lowest BCUT2D eigenvalue weighted by Gasteiger charge is -2.06. The standard InChI is InChI=1S/C14H12F2N4O2S/c15-11(16)8-22-12-2-1-9(5-17-12)13(21)18-6-10-7-20-3-4-23-14(20)19-10/h1-5,7,11H,6,8H2,(H,18,21). The second kappa shape index (κ2) is 6.69. The summed E-state index contributed by atoms with van der Waals surface area (Å²) in [4.78, 5) is 21.0. The molecule has 0 aliphatic heterocycles. The number of imidazole rings is 1. The zero-order valence-corrected chi connectivity index (χ0v) is 12.6. The van der Waals surface area contributed by atoms with E-state index in [9.17, 15) is 13.6 Å². The zero-order chi connectivity index (χ0) is 16.2. The normalized spacial score (nSPS) is 11.1. The predicted molar refractivity (Wildman–Crippen MR) is 80.0 cm³/mol. The van der Waals surface area contributed by atoms with E-state index in [1.54, 1.807) is 0 Å². The molecule has 9 heteroatoms. The van der Waals surface area contributed by atoms with Crippen LogP contribution < -0.4 is 10.1 Å². The van der Waals surface area contributed by atoms with Crippen molar-refractivity contribution in [3.8, 4) is 5.88 Å². The fourth-order valence-corrected chi connectivity index (χ4v) is 2.60. The lowest BCUT2D eigenvalue weighted by molar-refractivity contribution is 0.0794. The second-order valence-electron chi connectivity index (χ2n) is 4.59. The monoisotopic (exact) mass is 338 g/mol. The molecule has 0 saturated carbocycles. The Kier molecular flexibility index (Phi) is 4.47. The van der Waals surface area contributed by atoms with Gasteiger partial charge in [-0.1, -0.05) is 0 Å². The van der Waals surface area contributed by atoms with Crippen LogP contribution in [0.5, 0.6) is 5.88 Å². The van der Waals surface area contributed by atoms with Crippen molar-refractivity contribution in [2.24, 2.45) is 0 Å². The summed E-state index contributed by atoms with van der Waals surface area (Å²) in [5.41, 5.74) is 1.06. The third kappa shape index (κ3) is 3.81. The van der Waals surface area contributed by atoms with Gasteiger partial charge in [0.1, 0.15) is 0 Å². The summed E-state index contributed by atoms with van der Waals surface area (Å²) in [5.74, 6) is -0.273. The summed E-state index contributed by atoms with van der Waals surface area (Å²) in [6.45, 7) is -0.438. The number of rotatable bonds is 6. The molecular formula is C14H12F2N4O2S. The van der Waals surface area contributed by atoms with Crippen LogP contribution in [0.15, 0.2) is 36.1 Å².